The lowest BCUT2D eigenvalue weighted by Crippen LogP contribution is -2.30. The second-order valence-electron chi connectivity index (χ2n) is 3.05. The molecule has 0 radical (unpaired) electrons. The Morgan fingerprint density at radius 3 is 2.88 bits per heavy atom. The van der Waals surface area contributed by atoms with Gasteiger partial charge in [-0.15, -0.1) is 0 Å². The van der Waals surface area contributed by atoms with Gasteiger partial charge in [0, 0.05) is 13.2 Å². The number of rotatable bonds is 4. The lowest BCUT2D eigenvalue weighted by atomic mass is 10.3. The highest BCUT2D eigenvalue weighted by Gasteiger charge is 2.09. The summed E-state index contributed by atoms with van der Waals surface area (Å²) in [6.07, 6.45) is 0.443. The molecule has 0 aliphatic rings. The lowest BCUT2D eigenvalue weighted by Gasteiger charge is -2.09. The van der Waals surface area contributed by atoms with E-state index in [1.165, 1.54) is 18.2 Å². The van der Waals surface area contributed by atoms with Crippen molar-refractivity contribution in [3.8, 4) is 0 Å². The molecule has 1 aromatic rings. The van der Waals surface area contributed by atoms with Gasteiger partial charge in [-0.25, -0.2) is 9.18 Å². The molecule has 0 aromatic heterocycles. The first-order valence-electron chi connectivity index (χ1n) is 4.75. The standard InChI is InChI=1S/C10H12ClFN2O2/c11-7-3-1-4-8(12)9(7)14-10(16)13-5-2-6-15/h1,3-4,15H,2,5-6H2,(H2,13,14,16). The molecule has 16 heavy (non-hydrogen) atoms. The first-order chi connectivity index (χ1) is 7.65. The average Bonchev–Trinajstić information content (AvgIpc) is 2.24. The molecule has 0 aliphatic heterocycles. The van der Waals surface area contributed by atoms with Crippen LogP contribution in [0.4, 0.5) is 14.9 Å². The van der Waals surface area contributed by atoms with Gasteiger partial charge in [0.15, 0.2) is 0 Å². The van der Waals surface area contributed by atoms with E-state index in [1.54, 1.807) is 0 Å². The number of benzene rings is 1. The summed E-state index contributed by atoms with van der Waals surface area (Å²) in [4.78, 5) is 11.3. The monoisotopic (exact) mass is 246 g/mol. The normalized spacial score (nSPS) is 9.94. The van der Waals surface area contributed by atoms with E-state index in [4.69, 9.17) is 16.7 Å². The van der Waals surface area contributed by atoms with E-state index in [9.17, 15) is 9.18 Å². The van der Waals surface area contributed by atoms with Crippen LogP contribution in [0, 0.1) is 5.82 Å². The summed E-state index contributed by atoms with van der Waals surface area (Å²) in [7, 11) is 0. The minimum atomic E-state index is -0.593. The molecule has 0 fully saturated rings. The first kappa shape index (κ1) is 12.7. The maximum atomic E-state index is 13.2. The average molecular weight is 247 g/mol. The Bertz CT molecular complexity index is 354. The number of anilines is 1. The smallest absolute Gasteiger partial charge is 0.319 e. The number of carbonyl (C=O) groups is 1. The Morgan fingerprint density at radius 2 is 2.25 bits per heavy atom. The van der Waals surface area contributed by atoms with E-state index < -0.39 is 11.8 Å². The molecule has 88 valence electrons. The van der Waals surface area contributed by atoms with Crippen molar-refractivity contribution in [2.24, 2.45) is 0 Å². The molecular formula is C10H12ClFN2O2. The highest BCUT2D eigenvalue weighted by Crippen LogP contribution is 2.24. The van der Waals surface area contributed by atoms with E-state index in [2.05, 4.69) is 10.6 Å². The fraction of sp³-hybridized carbons (Fsp3) is 0.300. The summed E-state index contributed by atoms with van der Waals surface area (Å²) < 4.78 is 13.2. The first-order valence-corrected chi connectivity index (χ1v) is 5.12. The largest absolute Gasteiger partial charge is 0.396 e. The highest BCUT2D eigenvalue weighted by atomic mass is 35.5. The van der Waals surface area contributed by atoms with Gasteiger partial charge in [0.25, 0.3) is 0 Å². The molecule has 4 nitrogen and oxygen atoms in total. The molecule has 0 saturated heterocycles. The van der Waals surface area contributed by atoms with Crippen LogP contribution in [-0.4, -0.2) is 24.3 Å². The fourth-order valence-electron chi connectivity index (χ4n) is 1.06. The predicted molar refractivity (Wildman–Crippen MR) is 60.1 cm³/mol. The Labute approximate surface area is 97.4 Å². The fourth-order valence-corrected chi connectivity index (χ4v) is 1.27. The van der Waals surface area contributed by atoms with Crippen LogP contribution in [0.2, 0.25) is 5.02 Å². The molecule has 3 N–H and O–H groups in total. The maximum absolute atomic E-state index is 13.2. The highest BCUT2D eigenvalue weighted by molar-refractivity contribution is 6.33. The van der Waals surface area contributed by atoms with Crippen LogP contribution in [0.3, 0.4) is 0 Å². The van der Waals surface area contributed by atoms with Crippen molar-refractivity contribution in [1.29, 1.82) is 0 Å². The number of halogens is 2. The summed E-state index contributed by atoms with van der Waals surface area (Å²) in [6.45, 7) is 0.301. The molecule has 0 unspecified atom stereocenters. The zero-order chi connectivity index (χ0) is 12.0. The van der Waals surface area contributed by atoms with Crippen LogP contribution in [0.25, 0.3) is 0 Å². The van der Waals surface area contributed by atoms with Gasteiger partial charge in [-0.05, 0) is 18.6 Å². The minimum absolute atomic E-state index is 0.0132. The zero-order valence-electron chi connectivity index (χ0n) is 8.46. The third-order valence-corrected chi connectivity index (χ3v) is 2.14. The Balaban J connectivity index is 2.56. The molecule has 6 heteroatoms. The number of carbonyl (C=O) groups excluding carboxylic acids is 1. The summed E-state index contributed by atoms with van der Waals surface area (Å²) >= 11 is 5.71. The van der Waals surface area contributed by atoms with Gasteiger partial charge in [0.1, 0.15) is 5.82 Å². The number of hydrogen-bond donors (Lipinski definition) is 3. The van der Waals surface area contributed by atoms with Gasteiger partial charge in [-0.2, -0.15) is 0 Å². The van der Waals surface area contributed by atoms with Gasteiger partial charge in [-0.1, -0.05) is 17.7 Å². The number of para-hydroxylation sites is 1. The van der Waals surface area contributed by atoms with Crippen LogP contribution < -0.4 is 10.6 Å². The number of aliphatic hydroxyl groups excluding tert-OH is 1. The number of amides is 2. The Morgan fingerprint density at radius 1 is 1.50 bits per heavy atom. The van der Waals surface area contributed by atoms with Crippen molar-refractivity contribution in [2.75, 3.05) is 18.5 Å². The van der Waals surface area contributed by atoms with E-state index in [0.717, 1.165) is 0 Å². The van der Waals surface area contributed by atoms with Crippen LogP contribution in [-0.2, 0) is 0 Å². The van der Waals surface area contributed by atoms with E-state index in [-0.39, 0.29) is 17.3 Å². The summed E-state index contributed by atoms with van der Waals surface area (Å²) in [5.41, 5.74) is -0.0503. The molecule has 0 saturated carbocycles. The van der Waals surface area contributed by atoms with Crippen LogP contribution >= 0.6 is 11.6 Å². The Hall–Kier alpha value is -1.33. The molecule has 1 aromatic carbocycles. The SMILES string of the molecule is O=C(NCCCO)Nc1c(F)cccc1Cl. The zero-order valence-corrected chi connectivity index (χ0v) is 9.22. The number of aliphatic hydroxyl groups is 1. The second-order valence-corrected chi connectivity index (χ2v) is 3.46. The topological polar surface area (TPSA) is 61.4 Å². The predicted octanol–water partition coefficient (Wildman–Crippen LogP) is 1.98. The molecule has 1 rings (SSSR count). The molecule has 0 atom stereocenters. The molecular weight excluding hydrogens is 235 g/mol. The number of urea groups is 1. The van der Waals surface area contributed by atoms with Gasteiger partial charge in [-0.3, -0.25) is 0 Å². The third-order valence-electron chi connectivity index (χ3n) is 1.82. The van der Waals surface area contributed by atoms with E-state index >= 15 is 0 Å². The molecule has 2 amide bonds. The lowest BCUT2D eigenvalue weighted by molar-refractivity contribution is 0.248. The van der Waals surface area contributed by atoms with E-state index in [1.807, 2.05) is 0 Å². The van der Waals surface area contributed by atoms with Crippen LogP contribution in [0.1, 0.15) is 6.42 Å². The van der Waals surface area contributed by atoms with Crippen molar-refractivity contribution < 1.29 is 14.3 Å². The summed E-state index contributed by atoms with van der Waals surface area (Å²) in [5.74, 6) is -0.593. The maximum Gasteiger partial charge on any atom is 0.319 e. The van der Waals surface area contributed by atoms with Crippen molar-refractivity contribution in [3.05, 3.63) is 29.0 Å². The quantitative estimate of drug-likeness (QED) is 0.712. The van der Waals surface area contributed by atoms with Gasteiger partial charge >= 0.3 is 6.03 Å². The van der Waals surface area contributed by atoms with Crippen molar-refractivity contribution >= 4 is 23.3 Å². The minimum Gasteiger partial charge on any atom is -0.396 e. The molecule has 0 heterocycles. The number of nitrogens with one attached hydrogen (secondary N) is 2. The third kappa shape index (κ3) is 3.67. The van der Waals surface area contributed by atoms with Gasteiger partial charge in [0.05, 0.1) is 10.7 Å². The second kappa shape index (κ2) is 6.30. The van der Waals surface area contributed by atoms with Crippen molar-refractivity contribution in [3.63, 3.8) is 0 Å². The van der Waals surface area contributed by atoms with E-state index in [0.29, 0.717) is 13.0 Å². The molecule has 0 spiro atoms. The summed E-state index contributed by atoms with van der Waals surface area (Å²) in [6, 6.07) is 3.58. The Kier molecular flexibility index (Phi) is 5.01. The van der Waals surface area contributed by atoms with Gasteiger partial charge < -0.3 is 15.7 Å². The van der Waals surface area contributed by atoms with Crippen LogP contribution in [0.5, 0.6) is 0 Å². The summed E-state index contributed by atoms with van der Waals surface area (Å²) in [5, 5.41) is 13.4. The molecule has 0 bridgehead atoms. The van der Waals surface area contributed by atoms with Crippen molar-refractivity contribution in [1.82, 2.24) is 5.32 Å². The van der Waals surface area contributed by atoms with Gasteiger partial charge in [0.2, 0.25) is 0 Å². The molecule has 0 aliphatic carbocycles. The van der Waals surface area contributed by atoms with Crippen LogP contribution in [0.15, 0.2) is 18.2 Å². The van der Waals surface area contributed by atoms with Crippen molar-refractivity contribution in [2.45, 2.75) is 6.42 Å². The number of hydrogen-bond acceptors (Lipinski definition) is 2.